The second kappa shape index (κ2) is 11.2. The number of fused-ring (bicyclic) bond motifs is 1. The van der Waals surface area contributed by atoms with Crippen LogP contribution in [0.4, 0.5) is 17.6 Å². The molecule has 3 aromatic carbocycles. The van der Waals surface area contributed by atoms with Gasteiger partial charge in [-0.05, 0) is 47.4 Å². The number of benzene rings is 3. The maximum absolute atomic E-state index is 15.3. The van der Waals surface area contributed by atoms with Crippen LogP contribution in [0, 0.1) is 5.82 Å². The molecule has 0 spiro atoms. The molecule has 220 valence electrons. The second-order valence-electron chi connectivity index (χ2n) is 9.78. The molecule has 1 aliphatic rings. The average Bonchev–Trinajstić information content (AvgIpc) is 3.38. The minimum atomic E-state index is -4.57. The van der Waals surface area contributed by atoms with Crippen molar-refractivity contribution < 1.29 is 35.5 Å². The molecule has 0 fully saturated rings. The van der Waals surface area contributed by atoms with Gasteiger partial charge in [0.15, 0.2) is 9.84 Å². The second-order valence-corrected chi connectivity index (χ2v) is 12.0. The average molecular weight is 602 g/mol. The minimum Gasteiger partial charge on any atom is -0.491 e. The predicted molar refractivity (Wildman–Crippen MR) is 148 cm³/mol. The van der Waals surface area contributed by atoms with Crippen molar-refractivity contribution in [3.8, 4) is 28.1 Å². The Morgan fingerprint density at radius 2 is 1.71 bits per heavy atom. The number of carbonyl (C=O) groups excluding carboxylic acids is 1. The third-order valence-electron chi connectivity index (χ3n) is 7.21. The molecule has 1 aromatic heterocycles. The molecule has 1 amide bonds. The number of nitrogens with one attached hydrogen (secondary N) is 1. The van der Waals surface area contributed by atoms with E-state index in [1.807, 2.05) is 12.1 Å². The van der Waals surface area contributed by atoms with Gasteiger partial charge >= 0.3 is 6.18 Å². The maximum atomic E-state index is 15.3. The molecule has 12 heteroatoms. The number of aromatic amines is 1. The largest absolute Gasteiger partial charge is 0.491 e. The lowest BCUT2D eigenvalue weighted by Crippen LogP contribution is -2.33. The normalized spacial score (nSPS) is 13.8. The molecule has 0 aliphatic carbocycles. The number of rotatable bonds is 6. The third-order valence-corrected chi connectivity index (χ3v) is 8.95. The van der Waals surface area contributed by atoms with Gasteiger partial charge in [0.1, 0.15) is 23.1 Å². The smallest absolute Gasteiger partial charge is 0.449 e. The number of aromatic nitrogens is 2. The van der Waals surface area contributed by atoms with Crippen LogP contribution in [0.1, 0.15) is 41.2 Å². The monoisotopic (exact) mass is 601 g/mol. The summed E-state index contributed by atoms with van der Waals surface area (Å²) in [5, 5.41) is 0. The van der Waals surface area contributed by atoms with Crippen LogP contribution in [0.3, 0.4) is 0 Å². The van der Waals surface area contributed by atoms with Crippen molar-refractivity contribution in [2.75, 3.05) is 18.9 Å². The van der Waals surface area contributed by atoms with E-state index in [1.54, 1.807) is 37.3 Å². The highest BCUT2D eigenvalue weighted by Gasteiger charge is 2.34. The Balaban J connectivity index is 1.41. The number of hydrogen-bond donors (Lipinski definition) is 1. The first-order chi connectivity index (χ1) is 19.9. The van der Waals surface area contributed by atoms with E-state index in [1.165, 1.54) is 17.9 Å². The van der Waals surface area contributed by atoms with Crippen molar-refractivity contribution >= 4 is 15.7 Å². The summed E-state index contributed by atoms with van der Waals surface area (Å²) in [7, 11) is -3.80. The maximum Gasteiger partial charge on any atom is 0.449 e. The topological polar surface area (TPSA) is 92.4 Å². The van der Waals surface area contributed by atoms with Gasteiger partial charge in [0.2, 0.25) is 5.82 Å². The molecular formula is C30H27F4N3O4S. The van der Waals surface area contributed by atoms with Crippen LogP contribution in [0.5, 0.6) is 5.75 Å². The number of alkyl halides is 3. The van der Waals surface area contributed by atoms with Gasteiger partial charge in [-0.1, -0.05) is 44.2 Å². The van der Waals surface area contributed by atoms with E-state index in [0.717, 1.165) is 29.0 Å². The first-order valence-corrected chi connectivity index (χ1v) is 14.9. The number of imidazole rings is 1. The van der Waals surface area contributed by atoms with Gasteiger partial charge in [0.25, 0.3) is 5.91 Å². The summed E-state index contributed by atoms with van der Waals surface area (Å²) in [6, 6.07) is 14.9. The fourth-order valence-corrected chi connectivity index (χ4v) is 5.90. The standard InChI is InChI=1S/C30H27F4N3O4S/c1-3-22-23(10-12-26(27(22)31)42(39,40)4-2)28(38)37-13-14-41-25-11-9-20(15-21(25)17-37)18-5-7-19(8-6-18)24-16-35-29(36-24)30(32,33)34/h5-12,15-16H,3-4,13-14,17H2,1-2H3,(H,35,36). The lowest BCUT2D eigenvalue weighted by molar-refractivity contribution is -0.144. The molecular weight excluding hydrogens is 574 g/mol. The number of carbonyl (C=O) groups is 1. The Morgan fingerprint density at radius 1 is 1.02 bits per heavy atom. The quantitative estimate of drug-likeness (QED) is 0.262. The number of sulfone groups is 1. The Morgan fingerprint density at radius 3 is 2.36 bits per heavy atom. The molecule has 2 heterocycles. The van der Waals surface area contributed by atoms with Crippen molar-refractivity contribution in [1.29, 1.82) is 0 Å². The Labute approximate surface area is 240 Å². The van der Waals surface area contributed by atoms with E-state index in [9.17, 15) is 26.4 Å². The molecule has 1 N–H and O–H groups in total. The van der Waals surface area contributed by atoms with E-state index in [-0.39, 0.29) is 48.7 Å². The minimum absolute atomic E-state index is 0.0494. The number of hydrogen-bond acceptors (Lipinski definition) is 5. The fraction of sp³-hybridized carbons (Fsp3) is 0.267. The van der Waals surface area contributed by atoms with Crippen LogP contribution in [-0.4, -0.2) is 48.1 Å². The summed E-state index contributed by atoms with van der Waals surface area (Å²) in [4.78, 5) is 20.4. The van der Waals surface area contributed by atoms with Crippen LogP contribution in [0.15, 0.2) is 65.7 Å². The van der Waals surface area contributed by atoms with Crippen molar-refractivity contribution in [2.45, 2.75) is 37.9 Å². The first kappa shape index (κ1) is 29.3. The van der Waals surface area contributed by atoms with E-state index in [0.29, 0.717) is 11.3 Å². The van der Waals surface area contributed by atoms with Crippen molar-refractivity contribution in [3.63, 3.8) is 0 Å². The Hall–Kier alpha value is -4.19. The van der Waals surface area contributed by atoms with E-state index < -0.39 is 38.5 Å². The fourth-order valence-electron chi connectivity index (χ4n) is 4.91. The van der Waals surface area contributed by atoms with E-state index in [2.05, 4.69) is 9.97 Å². The Bertz CT molecular complexity index is 1750. The van der Waals surface area contributed by atoms with E-state index in [4.69, 9.17) is 4.74 Å². The van der Waals surface area contributed by atoms with Gasteiger partial charge in [-0.15, -0.1) is 0 Å². The van der Waals surface area contributed by atoms with Gasteiger partial charge in [-0.2, -0.15) is 13.2 Å². The summed E-state index contributed by atoms with van der Waals surface area (Å²) < 4.78 is 84.5. The van der Waals surface area contributed by atoms with Gasteiger partial charge in [0, 0.05) is 23.2 Å². The van der Waals surface area contributed by atoms with Crippen molar-refractivity contribution in [2.24, 2.45) is 0 Å². The molecule has 42 heavy (non-hydrogen) atoms. The molecule has 4 aromatic rings. The lowest BCUT2D eigenvalue weighted by Gasteiger charge is -2.22. The number of ether oxygens (including phenoxy) is 1. The molecule has 0 saturated heterocycles. The summed E-state index contributed by atoms with van der Waals surface area (Å²) >= 11 is 0. The Kier molecular flexibility index (Phi) is 7.84. The van der Waals surface area contributed by atoms with Crippen LogP contribution in [-0.2, 0) is 29.0 Å². The van der Waals surface area contributed by atoms with Crippen LogP contribution < -0.4 is 4.74 Å². The summed E-state index contributed by atoms with van der Waals surface area (Å²) in [5.74, 6) is -2.06. The van der Waals surface area contributed by atoms with Gasteiger partial charge in [-0.25, -0.2) is 17.8 Å². The highest BCUT2D eigenvalue weighted by atomic mass is 32.2. The van der Waals surface area contributed by atoms with Gasteiger partial charge in [0.05, 0.1) is 24.2 Å². The zero-order chi connectivity index (χ0) is 30.2. The summed E-state index contributed by atoms with van der Waals surface area (Å²) in [6.45, 7) is 3.72. The molecule has 5 rings (SSSR count). The van der Waals surface area contributed by atoms with E-state index >= 15 is 4.39 Å². The zero-order valence-electron chi connectivity index (χ0n) is 22.8. The van der Waals surface area contributed by atoms with Crippen LogP contribution in [0.25, 0.3) is 22.4 Å². The van der Waals surface area contributed by atoms with Crippen molar-refractivity contribution in [3.05, 3.63) is 89.1 Å². The molecule has 1 aliphatic heterocycles. The number of H-pyrrole nitrogens is 1. The number of amides is 1. The molecule has 7 nitrogen and oxygen atoms in total. The highest BCUT2D eigenvalue weighted by molar-refractivity contribution is 7.91. The van der Waals surface area contributed by atoms with Gasteiger partial charge < -0.3 is 14.6 Å². The van der Waals surface area contributed by atoms with Crippen LogP contribution >= 0.6 is 0 Å². The molecule has 0 unspecified atom stereocenters. The third kappa shape index (κ3) is 5.63. The highest BCUT2D eigenvalue weighted by Crippen LogP contribution is 2.33. The molecule has 0 atom stereocenters. The zero-order valence-corrected chi connectivity index (χ0v) is 23.6. The molecule has 0 bridgehead atoms. The van der Waals surface area contributed by atoms with Crippen molar-refractivity contribution in [1.82, 2.24) is 14.9 Å². The molecule has 0 saturated carbocycles. The first-order valence-electron chi connectivity index (χ1n) is 13.2. The number of nitrogens with zero attached hydrogens (tertiary/aromatic N) is 2. The SMILES string of the molecule is CCc1c(C(=O)N2CCOc3ccc(-c4ccc(-c5cnc(C(F)(F)F)[nH]5)cc4)cc3C2)ccc(S(=O)(=O)CC)c1F. The van der Waals surface area contributed by atoms with Crippen LogP contribution in [0.2, 0.25) is 0 Å². The number of halogens is 4. The molecule has 0 radical (unpaired) electrons. The lowest BCUT2D eigenvalue weighted by atomic mass is 10.00. The summed E-state index contributed by atoms with van der Waals surface area (Å²) in [6.07, 6.45) is -3.30. The summed E-state index contributed by atoms with van der Waals surface area (Å²) in [5.41, 5.74) is 3.24. The predicted octanol–water partition coefficient (Wildman–Crippen LogP) is 6.29. The van der Waals surface area contributed by atoms with Gasteiger partial charge in [-0.3, -0.25) is 4.79 Å².